The lowest BCUT2D eigenvalue weighted by Crippen LogP contribution is -2.40. The minimum absolute atomic E-state index is 0.0578. The molecule has 2 nitrogen and oxygen atoms in total. The summed E-state index contributed by atoms with van der Waals surface area (Å²) in [4.78, 5) is 12.4. The Morgan fingerprint density at radius 3 is 2.68 bits per heavy atom. The summed E-state index contributed by atoms with van der Waals surface area (Å²) in [6.45, 7) is 14.0. The average molecular weight is 363 g/mol. The predicted octanol–water partition coefficient (Wildman–Crippen LogP) is 5.98. The Labute approximate surface area is 155 Å². The molecule has 3 rings (SSSR count). The number of hydrogen-bond acceptors (Lipinski definition) is 2. The molecule has 0 aliphatic heterocycles. The molecule has 0 saturated heterocycles. The van der Waals surface area contributed by atoms with E-state index in [-0.39, 0.29) is 11.0 Å². The van der Waals surface area contributed by atoms with Gasteiger partial charge in [0.25, 0.3) is 0 Å². The molecule has 3 aliphatic rings. The van der Waals surface area contributed by atoms with E-state index in [1.165, 1.54) is 19.3 Å². The van der Waals surface area contributed by atoms with E-state index in [1.807, 2.05) is 0 Å². The van der Waals surface area contributed by atoms with Gasteiger partial charge in [-0.25, -0.2) is 0 Å². The Morgan fingerprint density at radius 1 is 1.28 bits per heavy atom. The first-order valence-electron chi connectivity index (χ1n) is 10.4. The van der Waals surface area contributed by atoms with Crippen LogP contribution in [0.3, 0.4) is 0 Å². The molecule has 3 aliphatic carbocycles. The standard InChI is InChI=1S/C22H38O2Si/c1-16(14-17-11-13-21(2,15-17)24-25(4,5)6)18-9-10-19-20(23)8-7-12-22(18,19)3/h11,13,16-19H,7-10,12,14-15H2,1-6H3/t16-,17+,18-,19?,21+,22-/m1/s1. The first-order valence-corrected chi connectivity index (χ1v) is 13.9. The number of hydrogen-bond donors (Lipinski definition) is 0. The molecule has 2 fully saturated rings. The number of rotatable bonds is 5. The zero-order valence-corrected chi connectivity index (χ0v) is 18.2. The zero-order chi connectivity index (χ0) is 18.5. The van der Waals surface area contributed by atoms with Crippen molar-refractivity contribution in [3.63, 3.8) is 0 Å². The van der Waals surface area contributed by atoms with Crippen LogP contribution in [0.1, 0.15) is 65.7 Å². The van der Waals surface area contributed by atoms with Gasteiger partial charge in [0.15, 0.2) is 8.32 Å². The summed E-state index contributed by atoms with van der Waals surface area (Å²) in [6, 6.07) is 0. The van der Waals surface area contributed by atoms with Crippen molar-refractivity contribution in [3.05, 3.63) is 12.2 Å². The van der Waals surface area contributed by atoms with E-state index in [4.69, 9.17) is 4.43 Å². The molecular weight excluding hydrogens is 324 g/mol. The van der Waals surface area contributed by atoms with Crippen LogP contribution in [0.4, 0.5) is 0 Å². The first-order chi connectivity index (χ1) is 11.5. The summed E-state index contributed by atoms with van der Waals surface area (Å²) in [5, 5.41) is 0. The summed E-state index contributed by atoms with van der Waals surface area (Å²) in [7, 11) is -1.52. The second kappa shape index (κ2) is 6.63. The van der Waals surface area contributed by atoms with Gasteiger partial charge in [0.2, 0.25) is 0 Å². The van der Waals surface area contributed by atoms with Crippen LogP contribution in [-0.2, 0) is 9.22 Å². The zero-order valence-electron chi connectivity index (χ0n) is 17.2. The molecular formula is C22H38O2Si. The third-order valence-corrected chi connectivity index (χ3v) is 8.30. The fourth-order valence-corrected chi connectivity index (χ4v) is 8.03. The first kappa shape index (κ1) is 19.4. The predicted molar refractivity (Wildman–Crippen MR) is 107 cm³/mol. The largest absolute Gasteiger partial charge is 0.409 e. The van der Waals surface area contributed by atoms with Gasteiger partial charge in [0.05, 0.1) is 5.60 Å². The number of allylic oxidation sites excluding steroid dienone is 1. The van der Waals surface area contributed by atoms with E-state index in [0.29, 0.717) is 23.5 Å². The van der Waals surface area contributed by atoms with Crippen LogP contribution >= 0.6 is 0 Å². The van der Waals surface area contributed by atoms with Gasteiger partial charge >= 0.3 is 0 Å². The van der Waals surface area contributed by atoms with Gasteiger partial charge in [0.1, 0.15) is 5.78 Å². The lowest BCUT2D eigenvalue weighted by Gasteiger charge is -2.42. The van der Waals surface area contributed by atoms with Crippen molar-refractivity contribution in [1.29, 1.82) is 0 Å². The Balaban J connectivity index is 1.61. The van der Waals surface area contributed by atoms with E-state index in [9.17, 15) is 4.79 Å². The molecule has 0 N–H and O–H groups in total. The van der Waals surface area contributed by atoms with Gasteiger partial charge in [0, 0.05) is 12.3 Å². The molecule has 0 aromatic carbocycles. The van der Waals surface area contributed by atoms with Crippen molar-refractivity contribution in [3.8, 4) is 0 Å². The van der Waals surface area contributed by atoms with Gasteiger partial charge < -0.3 is 4.43 Å². The normalized spacial score (nSPS) is 42.6. The average Bonchev–Trinajstić information content (AvgIpc) is 2.98. The Morgan fingerprint density at radius 2 is 2.00 bits per heavy atom. The molecule has 0 heterocycles. The Bertz CT molecular complexity index is 549. The molecule has 2 saturated carbocycles. The van der Waals surface area contributed by atoms with Crippen LogP contribution in [0.25, 0.3) is 0 Å². The van der Waals surface area contributed by atoms with Gasteiger partial charge in [-0.05, 0) is 88.3 Å². The highest BCUT2D eigenvalue weighted by atomic mass is 28.4. The van der Waals surface area contributed by atoms with Gasteiger partial charge in [-0.15, -0.1) is 0 Å². The number of fused-ring (bicyclic) bond motifs is 1. The molecule has 0 amide bonds. The smallest absolute Gasteiger partial charge is 0.184 e. The minimum Gasteiger partial charge on any atom is -0.409 e. The summed E-state index contributed by atoms with van der Waals surface area (Å²) < 4.78 is 6.45. The number of carbonyl (C=O) groups is 1. The van der Waals surface area contributed by atoms with Gasteiger partial charge in [-0.1, -0.05) is 26.0 Å². The summed E-state index contributed by atoms with van der Waals surface area (Å²) >= 11 is 0. The molecule has 0 bridgehead atoms. The van der Waals surface area contributed by atoms with Crippen LogP contribution in [0, 0.1) is 29.1 Å². The number of carbonyl (C=O) groups excluding carboxylic acids is 1. The molecule has 1 unspecified atom stereocenters. The molecule has 25 heavy (non-hydrogen) atoms. The van der Waals surface area contributed by atoms with Crippen LogP contribution in [0.15, 0.2) is 12.2 Å². The fourth-order valence-electron chi connectivity index (χ4n) is 6.48. The third kappa shape index (κ3) is 3.97. The summed E-state index contributed by atoms with van der Waals surface area (Å²) in [6.07, 6.45) is 12.7. The van der Waals surface area contributed by atoms with Crippen molar-refractivity contribution in [2.24, 2.45) is 29.1 Å². The maximum Gasteiger partial charge on any atom is 0.184 e. The maximum atomic E-state index is 12.4. The van der Waals surface area contributed by atoms with Crippen LogP contribution in [0.5, 0.6) is 0 Å². The number of ketones is 1. The Kier molecular flexibility index (Phi) is 5.14. The molecule has 0 aromatic rings. The van der Waals surface area contributed by atoms with Gasteiger partial charge in [-0.3, -0.25) is 4.79 Å². The second-order valence-corrected chi connectivity index (χ2v) is 15.1. The van der Waals surface area contributed by atoms with Crippen LogP contribution in [-0.4, -0.2) is 19.7 Å². The van der Waals surface area contributed by atoms with Crippen molar-refractivity contribution < 1.29 is 9.22 Å². The lowest BCUT2D eigenvalue weighted by molar-refractivity contribution is -0.130. The highest BCUT2D eigenvalue weighted by Crippen LogP contribution is 2.57. The van der Waals surface area contributed by atoms with E-state index >= 15 is 0 Å². The highest BCUT2D eigenvalue weighted by molar-refractivity contribution is 6.69. The van der Waals surface area contributed by atoms with Crippen molar-refractivity contribution in [2.75, 3.05) is 0 Å². The summed E-state index contributed by atoms with van der Waals surface area (Å²) in [5.74, 6) is 2.97. The van der Waals surface area contributed by atoms with E-state index in [0.717, 1.165) is 31.6 Å². The molecule has 0 spiro atoms. The highest BCUT2D eigenvalue weighted by Gasteiger charge is 2.52. The number of Topliss-reactive ketones (excluding diaryl/α,β-unsaturated/α-hetero) is 1. The summed E-state index contributed by atoms with van der Waals surface area (Å²) in [5.41, 5.74) is 0.215. The monoisotopic (exact) mass is 362 g/mol. The molecule has 6 atom stereocenters. The van der Waals surface area contributed by atoms with Crippen LogP contribution < -0.4 is 0 Å². The molecule has 0 aromatic heterocycles. The minimum atomic E-state index is -1.52. The van der Waals surface area contributed by atoms with Crippen molar-refractivity contribution in [2.45, 2.75) is 91.0 Å². The Hall–Kier alpha value is -0.413. The molecule has 3 heteroatoms. The lowest BCUT2D eigenvalue weighted by atomic mass is 9.61. The quantitative estimate of drug-likeness (QED) is 0.444. The van der Waals surface area contributed by atoms with Crippen LogP contribution in [0.2, 0.25) is 19.6 Å². The second-order valence-electron chi connectivity index (χ2n) is 10.6. The topological polar surface area (TPSA) is 26.3 Å². The SMILES string of the molecule is C[C@H](C[C@@H]1C=C[C@](C)(O[Si](C)(C)C)C1)[C@H]1CCC2C(=O)CCC[C@@]21C. The van der Waals surface area contributed by atoms with E-state index in [1.54, 1.807) is 0 Å². The van der Waals surface area contributed by atoms with Crippen molar-refractivity contribution in [1.82, 2.24) is 0 Å². The van der Waals surface area contributed by atoms with Gasteiger partial charge in [-0.2, -0.15) is 0 Å². The maximum absolute atomic E-state index is 12.4. The van der Waals surface area contributed by atoms with E-state index in [2.05, 4.69) is 52.6 Å². The third-order valence-electron chi connectivity index (χ3n) is 7.23. The molecule has 142 valence electrons. The molecule has 0 radical (unpaired) electrons. The van der Waals surface area contributed by atoms with E-state index < -0.39 is 8.32 Å². The fraction of sp³-hybridized carbons (Fsp3) is 0.864. The van der Waals surface area contributed by atoms with Crippen molar-refractivity contribution >= 4 is 14.1 Å².